The molecular formula is C11H9FO3. The zero-order valence-electron chi connectivity index (χ0n) is 8.08. The predicted octanol–water partition coefficient (Wildman–Crippen LogP) is 1.93. The molecule has 4 heteroatoms. The molecule has 3 nitrogen and oxygen atoms in total. The Hall–Kier alpha value is -2.02. The molecule has 0 aliphatic heterocycles. The number of hydrogen-bond acceptors (Lipinski definition) is 2. The van der Waals surface area contributed by atoms with Gasteiger partial charge in [0.25, 0.3) is 0 Å². The van der Waals surface area contributed by atoms with Crippen LogP contribution in [0.2, 0.25) is 0 Å². The lowest BCUT2D eigenvalue weighted by atomic mass is 10.2. The molecule has 1 aromatic carbocycles. The van der Waals surface area contributed by atoms with Crippen LogP contribution in [0.1, 0.15) is 17.3 Å². The molecule has 0 heterocycles. The van der Waals surface area contributed by atoms with Crippen LogP contribution < -0.4 is 4.74 Å². The van der Waals surface area contributed by atoms with Crippen LogP contribution in [0.25, 0.3) is 0 Å². The van der Waals surface area contributed by atoms with Gasteiger partial charge in [0, 0.05) is 0 Å². The number of carboxylic acids is 1. The van der Waals surface area contributed by atoms with Gasteiger partial charge in [0.2, 0.25) is 0 Å². The Kier molecular flexibility index (Phi) is 3.69. The quantitative estimate of drug-likeness (QED) is 0.772. The second kappa shape index (κ2) is 5.01. The maximum absolute atomic E-state index is 13.1. The second-order valence-corrected chi connectivity index (χ2v) is 2.63. The normalized spacial score (nSPS) is 8.93. The highest BCUT2D eigenvalue weighted by molar-refractivity contribution is 5.91. The highest BCUT2D eigenvalue weighted by atomic mass is 19.1. The van der Waals surface area contributed by atoms with Gasteiger partial charge < -0.3 is 9.84 Å². The highest BCUT2D eigenvalue weighted by Crippen LogP contribution is 2.21. The van der Waals surface area contributed by atoms with Gasteiger partial charge in [-0.15, -0.1) is 5.92 Å². The summed E-state index contributed by atoms with van der Waals surface area (Å²) in [6.07, 6.45) is 0. The lowest BCUT2D eigenvalue weighted by Gasteiger charge is -2.06. The third-order valence-electron chi connectivity index (χ3n) is 1.67. The highest BCUT2D eigenvalue weighted by Gasteiger charge is 2.16. The fourth-order valence-electron chi connectivity index (χ4n) is 1.02. The first-order valence-corrected chi connectivity index (χ1v) is 4.21. The van der Waals surface area contributed by atoms with Gasteiger partial charge in [0.15, 0.2) is 0 Å². The van der Waals surface area contributed by atoms with Gasteiger partial charge in [-0.3, -0.25) is 0 Å². The number of carbonyl (C=O) groups is 1. The minimum absolute atomic E-state index is 0.00903. The van der Waals surface area contributed by atoms with E-state index < -0.39 is 17.3 Å². The summed E-state index contributed by atoms with van der Waals surface area (Å²) < 4.78 is 18.1. The Morgan fingerprint density at radius 2 is 2.33 bits per heavy atom. The molecule has 1 aromatic rings. The van der Waals surface area contributed by atoms with Crippen molar-refractivity contribution >= 4 is 5.97 Å². The Morgan fingerprint density at radius 3 is 2.93 bits per heavy atom. The summed E-state index contributed by atoms with van der Waals surface area (Å²) in [5, 5.41) is 8.75. The van der Waals surface area contributed by atoms with Crippen molar-refractivity contribution in [1.29, 1.82) is 0 Å². The molecule has 0 aliphatic rings. The van der Waals surface area contributed by atoms with Crippen LogP contribution in [-0.4, -0.2) is 17.7 Å². The summed E-state index contributed by atoms with van der Waals surface area (Å²) in [4.78, 5) is 10.7. The van der Waals surface area contributed by atoms with E-state index in [-0.39, 0.29) is 12.4 Å². The van der Waals surface area contributed by atoms with E-state index in [1.54, 1.807) is 6.92 Å². The van der Waals surface area contributed by atoms with Crippen LogP contribution in [0, 0.1) is 17.7 Å². The van der Waals surface area contributed by atoms with E-state index in [4.69, 9.17) is 9.84 Å². The number of hydrogen-bond donors (Lipinski definition) is 1. The molecule has 0 radical (unpaired) electrons. The van der Waals surface area contributed by atoms with Gasteiger partial charge >= 0.3 is 5.97 Å². The number of aromatic carboxylic acids is 1. The largest absolute Gasteiger partial charge is 0.480 e. The van der Waals surface area contributed by atoms with Gasteiger partial charge in [-0.2, -0.15) is 0 Å². The van der Waals surface area contributed by atoms with Crippen molar-refractivity contribution in [3.05, 3.63) is 29.6 Å². The molecule has 0 saturated carbocycles. The monoisotopic (exact) mass is 208 g/mol. The molecule has 0 spiro atoms. The lowest BCUT2D eigenvalue weighted by Crippen LogP contribution is -2.06. The van der Waals surface area contributed by atoms with Crippen molar-refractivity contribution in [2.75, 3.05) is 6.61 Å². The molecule has 0 fully saturated rings. The maximum atomic E-state index is 13.1. The molecule has 0 unspecified atom stereocenters. The topological polar surface area (TPSA) is 46.5 Å². The predicted molar refractivity (Wildman–Crippen MR) is 52.3 cm³/mol. The summed E-state index contributed by atoms with van der Waals surface area (Å²) >= 11 is 0. The van der Waals surface area contributed by atoms with Crippen molar-refractivity contribution < 1.29 is 19.0 Å². The van der Waals surface area contributed by atoms with E-state index >= 15 is 0 Å². The number of rotatable bonds is 3. The fraction of sp³-hybridized carbons (Fsp3) is 0.182. The summed E-state index contributed by atoms with van der Waals surface area (Å²) in [6, 6.07) is 3.85. The molecule has 0 atom stereocenters. The second-order valence-electron chi connectivity index (χ2n) is 2.63. The van der Waals surface area contributed by atoms with Crippen molar-refractivity contribution in [2.24, 2.45) is 0 Å². The van der Waals surface area contributed by atoms with Gasteiger partial charge in [-0.1, -0.05) is 12.0 Å². The Morgan fingerprint density at radius 1 is 1.60 bits per heavy atom. The molecule has 0 aliphatic carbocycles. The van der Waals surface area contributed by atoms with E-state index in [9.17, 15) is 9.18 Å². The molecule has 0 saturated heterocycles. The number of ether oxygens (including phenoxy) is 1. The van der Waals surface area contributed by atoms with Gasteiger partial charge in [-0.05, 0) is 19.1 Å². The smallest absolute Gasteiger partial charge is 0.342 e. The summed E-state index contributed by atoms with van der Waals surface area (Å²) in [7, 11) is 0. The maximum Gasteiger partial charge on any atom is 0.342 e. The van der Waals surface area contributed by atoms with Crippen LogP contribution in [0.3, 0.4) is 0 Å². The van der Waals surface area contributed by atoms with Crippen LogP contribution >= 0.6 is 0 Å². The first-order chi connectivity index (χ1) is 7.16. The molecule has 0 aromatic heterocycles. The fourth-order valence-corrected chi connectivity index (χ4v) is 1.02. The van der Waals surface area contributed by atoms with E-state index in [1.165, 1.54) is 12.1 Å². The van der Waals surface area contributed by atoms with Crippen molar-refractivity contribution in [2.45, 2.75) is 6.92 Å². The first-order valence-electron chi connectivity index (χ1n) is 4.21. The van der Waals surface area contributed by atoms with E-state index in [1.807, 2.05) is 0 Å². The van der Waals surface area contributed by atoms with Crippen molar-refractivity contribution in [3.8, 4) is 17.6 Å². The average molecular weight is 208 g/mol. The summed E-state index contributed by atoms with van der Waals surface area (Å²) in [5.74, 6) is 3.00. The molecule has 0 bridgehead atoms. The van der Waals surface area contributed by atoms with Crippen LogP contribution in [-0.2, 0) is 0 Å². The van der Waals surface area contributed by atoms with Crippen molar-refractivity contribution in [1.82, 2.24) is 0 Å². The van der Waals surface area contributed by atoms with Crippen LogP contribution in [0.15, 0.2) is 18.2 Å². The van der Waals surface area contributed by atoms with Crippen molar-refractivity contribution in [3.63, 3.8) is 0 Å². The van der Waals surface area contributed by atoms with Gasteiger partial charge in [-0.25, -0.2) is 9.18 Å². The molecule has 15 heavy (non-hydrogen) atoms. The third-order valence-corrected chi connectivity index (χ3v) is 1.67. The van der Waals surface area contributed by atoms with E-state index in [0.717, 1.165) is 6.07 Å². The number of benzene rings is 1. The third kappa shape index (κ3) is 2.71. The van der Waals surface area contributed by atoms with E-state index in [0.29, 0.717) is 0 Å². The lowest BCUT2D eigenvalue weighted by molar-refractivity contribution is 0.0687. The summed E-state index contributed by atoms with van der Waals surface area (Å²) in [5.41, 5.74) is -0.463. The minimum atomic E-state index is -1.35. The van der Waals surface area contributed by atoms with E-state index in [2.05, 4.69) is 11.8 Å². The first kappa shape index (κ1) is 11.1. The summed E-state index contributed by atoms with van der Waals surface area (Å²) in [6.45, 7) is 1.67. The van der Waals surface area contributed by atoms with Crippen LogP contribution in [0.5, 0.6) is 5.75 Å². The number of carboxylic acid groups (broad SMARTS) is 1. The van der Waals surface area contributed by atoms with Gasteiger partial charge in [0.05, 0.1) is 0 Å². The minimum Gasteiger partial charge on any atom is -0.480 e. The zero-order valence-corrected chi connectivity index (χ0v) is 8.08. The Balaban J connectivity index is 2.99. The number of halogens is 1. The molecule has 0 amide bonds. The molecular weight excluding hydrogens is 199 g/mol. The molecule has 1 N–H and O–H groups in total. The molecule has 1 rings (SSSR count). The average Bonchev–Trinajstić information content (AvgIpc) is 2.17. The standard InChI is InChI=1S/C11H9FO3/c1-2-3-7-15-9-6-4-5-8(12)10(9)11(13)14/h4-6H,7H2,1H3,(H,13,14). The Bertz CT molecular complexity index is 429. The Labute approximate surface area is 86.5 Å². The van der Waals surface area contributed by atoms with Crippen LogP contribution in [0.4, 0.5) is 4.39 Å². The SMILES string of the molecule is CC#CCOc1cccc(F)c1C(=O)O. The van der Waals surface area contributed by atoms with Gasteiger partial charge in [0.1, 0.15) is 23.7 Å². The zero-order chi connectivity index (χ0) is 11.3. The molecule has 78 valence electrons.